The third kappa shape index (κ3) is 4.16. The molecule has 0 spiro atoms. The van der Waals surface area contributed by atoms with Crippen molar-refractivity contribution in [3.63, 3.8) is 0 Å². The average Bonchev–Trinajstić information content (AvgIpc) is 3.13. The van der Waals surface area contributed by atoms with Crippen molar-refractivity contribution < 1.29 is 4.79 Å². The fraction of sp³-hybridized carbons (Fsp3) is 0.333. The standard InChI is InChI=1S/C21H26N6O/c1-26-11-12-27(2)17(14-26)13-22-21(28)23-16-9-7-15(8-10-16)20-24-18-5-3-4-6-19(18)25-20/h3-10,17H,11-14H2,1-2H3,(H,24,25)(H2,22,23,28)/t17-/m1/s1. The van der Waals surface area contributed by atoms with Crippen LogP contribution in [0.15, 0.2) is 48.5 Å². The first-order chi connectivity index (χ1) is 13.6. The Morgan fingerprint density at radius 3 is 2.71 bits per heavy atom. The second kappa shape index (κ2) is 8.00. The Kier molecular flexibility index (Phi) is 5.27. The number of aromatic amines is 1. The van der Waals surface area contributed by atoms with Crippen LogP contribution in [0.5, 0.6) is 0 Å². The predicted molar refractivity (Wildman–Crippen MR) is 112 cm³/mol. The largest absolute Gasteiger partial charge is 0.338 e. The molecule has 2 heterocycles. The van der Waals surface area contributed by atoms with Gasteiger partial charge in [0.15, 0.2) is 0 Å². The van der Waals surface area contributed by atoms with Crippen LogP contribution in [0.3, 0.4) is 0 Å². The fourth-order valence-corrected chi connectivity index (χ4v) is 3.51. The zero-order valence-corrected chi connectivity index (χ0v) is 16.3. The molecule has 1 aromatic heterocycles. The van der Waals surface area contributed by atoms with E-state index in [4.69, 9.17) is 0 Å². The lowest BCUT2D eigenvalue weighted by molar-refractivity contribution is 0.115. The van der Waals surface area contributed by atoms with Crippen molar-refractivity contribution in [3.8, 4) is 11.4 Å². The molecule has 7 nitrogen and oxygen atoms in total. The first-order valence-electron chi connectivity index (χ1n) is 9.57. The first kappa shape index (κ1) is 18.5. The molecule has 2 aromatic carbocycles. The highest BCUT2D eigenvalue weighted by atomic mass is 16.2. The van der Waals surface area contributed by atoms with E-state index in [2.05, 4.69) is 44.5 Å². The number of piperazine rings is 1. The van der Waals surface area contributed by atoms with Gasteiger partial charge in [0.05, 0.1) is 11.0 Å². The number of fused-ring (bicyclic) bond motifs is 1. The van der Waals surface area contributed by atoms with Crippen LogP contribution >= 0.6 is 0 Å². The molecule has 0 aliphatic carbocycles. The lowest BCUT2D eigenvalue weighted by Crippen LogP contribution is -2.54. The van der Waals surface area contributed by atoms with E-state index < -0.39 is 0 Å². The van der Waals surface area contributed by atoms with Gasteiger partial charge in [0, 0.05) is 43.5 Å². The van der Waals surface area contributed by atoms with Crippen molar-refractivity contribution >= 4 is 22.8 Å². The minimum absolute atomic E-state index is 0.182. The lowest BCUT2D eigenvalue weighted by atomic mass is 10.2. The van der Waals surface area contributed by atoms with Gasteiger partial charge in [-0.2, -0.15) is 0 Å². The number of benzene rings is 2. The van der Waals surface area contributed by atoms with E-state index in [1.54, 1.807) is 0 Å². The maximum atomic E-state index is 12.2. The van der Waals surface area contributed by atoms with Crippen LogP contribution in [0.4, 0.5) is 10.5 Å². The molecule has 1 aliphatic rings. The molecule has 7 heteroatoms. The Hall–Kier alpha value is -2.90. The highest BCUT2D eigenvalue weighted by Crippen LogP contribution is 2.22. The number of hydrogen-bond acceptors (Lipinski definition) is 4. The fourth-order valence-electron chi connectivity index (χ4n) is 3.51. The summed E-state index contributed by atoms with van der Waals surface area (Å²) >= 11 is 0. The van der Waals surface area contributed by atoms with Crippen LogP contribution in [0.1, 0.15) is 0 Å². The molecule has 0 bridgehead atoms. The minimum atomic E-state index is -0.182. The molecule has 3 aromatic rings. The molecule has 28 heavy (non-hydrogen) atoms. The van der Waals surface area contributed by atoms with E-state index in [0.717, 1.165) is 47.7 Å². The Balaban J connectivity index is 1.34. The summed E-state index contributed by atoms with van der Waals surface area (Å²) in [6, 6.07) is 15.8. The van der Waals surface area contributed by atoms with Crippen molar-refractivity contribution in [1.82, 2.24) is 25.1 Å². The molecule has 0 radical (unpaired) electrons. The number of imidazole rings is 1. The topological polar surface area (TPSA) is 76.3 Å². The van der Waals surface area contributed by atoms with Crippen molar-refractivity contribution in [3.05, 3.63) is 48.5 Å². The number of rotatable bonds is 4. The quantitative estimate of drug-likeness (QED) is 0.652. The van der Waals surface area contributed by atoms with Crippen LogP contribution in [0, 0.1) is 0 Å². The van der Waals surface area contributed by atoms with Crippen LogP contribution in [-0.2, 0) is 0 Å². The molecule has 2 amide bonds. The first-order valence-corrected chi connectivity index (χ1v) is 9.57. The van der Waals surface area contributed by atoms with Gasteiger partial charge in [-0.1, -0.05) is 12.1 Å². The SMILES string of the molecule is CN1CCN(C)[C@H](CNC(=O)Nc2ccc(-c3nc4ccccc4[nH]3)cc2)C1. The molecule has 1 aliphatic heterocycles. The summed E-state index contributed by atoms with van der Waals surface area (Å²) in [7, 11) is 4.22. The number of anilines is 1. The summed E-state index contributed by atoms with van der Waals surface area (Å²) in [5.74, 6) is 0.821. The van der Waals surface area contributed by atoms with Gasteiger partial charge >= 0.3 is 6.03 Å². The number of H-pyrrole nitrogens is 1. The van der Waals surface area contributed by atoms with E-state index in [1.165, 1.54) is 0 Å². The molecule has 0 saturated carbocycles. The normalized spacial score (nSPS) is 18.3. The number of aromatic nitrogens is 2. The van der Waals surface area contributed by atoms with Crippen LogP contribution in [0.2, 0.25) is 0 Å². The molecule has 1 saturated heterocycles. The number of nitrogens with zero attached hydrogens (tertiary/aromatic N) is 3. The van der Waals surface area contributed by atoms with E-state index in [9.17, 15) is 4.79 Å². The summed E-state index contributed by atoms with van der Waals surface area (Å²) in [5.41, 5.74) is 3.69. The van der Waals surface area contributed by atoms with Gasteiger partial charge in [-0.05, 0) is 50.5 Å². The Labute approximate surface area is 164 Å². The van der Waals surface area contributed by atoms with Gasteiger partial charge in [0.2, 0.25) is 0 Å². The van der Waals surface area contributed by atoms with Gasteiger partial charge in [0.1, 0.15) is 5.82 Å². The Morgan fingerprint density at radius 2 is 1.93 bits per heavy atom. The van der Waals surface area contributed by atoms with E-state index in [-0.39, 0.29) is 6.03 Å². The number of amides is 2. The number of urea groups is 1. The minimum Gasteiger partial charge on any atom is -0.338 e. The summed E-state index contributed by atoms with van der Waals surface area (Å²) < 4.78 is 0. The van der Waals surface area contributed by atoms with E-state index >= 15 is 0 Å². The number of carbonyl (C=O) groups excluding carboxylic acids is 1. The number of carbonyl (C=O) groups is 1. The van der Waals surface area contributed by atoms with Gasteiger partial charge in [-0.3, -0.25) is 4.90 Å². The van der Waals surface area contributed by atoms with Crippen molar-refractivity contribution in [2.45, 2.75) is 6.04 Å². The molecule has 1 atom stereocenters. The number of para-hydroxylation sites is 2. The van der Waals surface area contributed by atoms with Crippen molar-refractivity contribution in [1.29, 1.82) is 0 Å². The third-order valence-corrected chi connectivity index (χ3v) is 5.28. The number of nitrogens with one attached hydrogen (secondary N) is 3. The third-order valence-electron chi connectivity index (χ3n) is 5.28. The van der Waals surface area contributed by atoms with Crippen LogP contribution in [0.25, 0.3) is 22.4 Å². The van der Waals surface area contributed by atoms with E-state index in [0.29, 0.717) is 12.6 Å². The number of likely N-dealkylation sites (N-methyl/N-ethyl adjacent to an activating group) is 2. The molecule has 4 rings (SSSR count). The zero-order valence-electron chi connectivity index (χ0n) is 16.3. The lowest BCUT2D eigenvalue weighted by Gasteiger charge is -2.37. The summed E-state index contributed by atoms with van der Waals surface area (Å²) in [6.07, 6.45) is 0. The Bertz CT molecular complexity index is 918. The average molecular weight is 378 g/mol. The molecular weight excluding hydrogens is 352 g/mol. The summed E-state index contributed by atoms with van der Waals surface area (Å²) in [5, 5.41) is 5.88. The summed E-state index contributed by atoms with van der Waals surface area (Å²) in [4.78, 5) is 24.8. The van der Waals surface area contributed by atoms with Crippen LogP contribution in [-0.4, -0.2) is 72.1 Å². The molecule has 1 fully saturated rings. The maximum absolute atomic E-state index is 12.2. The Morgan fingerprint density at radius 1 is 1.14 bits per heavy atom. The van der Waals surface area contributed by atoms with Gasteiger partial charge in [-0.15, -0.1) is 0 Å². The van der Waals surface area contributed by atoms with Gasteiger partial charge in [0.25, 0.3) is 0 Å². The van der Waals surface area contributed by atoms with Gasteiger partial charge in [-0.25, -0.2) is 9.78 Å². The van der Waals surface area contributed by atoms with Crippen molar-refractivity contribution in [2.24, 2.45) is 0 Å². The zero-order chi connectivity index (χ0) is 19.5. The molecule has 3 N–H and O–H groups in total. The smallest absolute Gasteiger partial charge is 0.319 e. The van der Waals surface area contributed by atoms with Crippen LogP contribution < -0.4 is 10.6 Å². The van der Waals surface area contributed by atoms with Gasteiger partial charge < -0.3 is 20.5 Å². The maximum Gasteiger partial charge on any atom is 0.319 e. The predicted octanol–water partition coefficient (Wildman–Crippen LogP) is 2.60. The molecular formula is C21H26N6O. The second-order valence-electron chi connectivity index (χ2n) is 7.41. The second-order valence-corrected chi connectivity index (χ2v) is 7.41. The molecule has 146 valence electrons. The molecule has 0 unspecified atom stereocenters. The monoisotopic (exact) mass is 378 g/mol. The highest BCUT2D eigenvalue weighted by Gasteiger charge is 2.22. The van der Waals surface area contributed by atoms with Crippen molar-refractivity contribution in [2.75, 3.05) is 45.6 Å². The number of hydrogen-bond donors (Lipinski definition) is 3. The highest BCUT2D eigenvalue weighted by molar-refractivity contribution is 5.89. The van der Waals surface area contributed by atoms with E-state index in [1.807, 2.05) is 48.5 Å². The summed E-state index contributed by atoms with van der Waals surface area (Å²) in [6.45, 7) is 3.68.